The average Bonchev–Trinajstić information content (AvgIpc) is 2.38. The van der Waals surface area contributed by atoms with E-state index in [2.05, 4.69) is 0 Å². The monoisotopic (exact) mass is 263 g/mol. The maximum Gasteiger partial charge on any atom is 0.170 e. The molecule has 0 heterocycles. The predicted octanol–water partition coefficient (Wildman–Crippen LogP) is 3.33. The van der Waals surface area contributed by atoms with Crippen LogP contribution >= 0.6 is 0 Å². The van der Waals surface area contributed by atoms with Crippen LogP contribution in [0.1, 0.15) is 22.7 Å². The van der Waals surface area contributed by atoms with Gasteiger partial charge in [0, 0.05) is 5.56 Å². The highest BCUT2D eigenvalue weighted by atomic mass is 19.1. The molecule has 2 aromatic carbocycles. The highest BCUT2D eigenvalue weighted by Crippen LogP contribution is 2.29. The summed E-state index contributed by atoms with van der Waals surface area (Å²) in [7, 11) is 1.40. The molecular formula is C15H15F2NO. The number of rotatable bonds is 3. The molecule has 0 aliphatic carbocycles. The van der Waals surface area contributed by atoms with E-state index in [1.54, 1.807) is 25.1 Å². The number of halogens is 2. The Morgan fingerprint density at radius 1 is 1.11 bits per heavy atom. The zero-order valence-electron chi connectivity index (χ0n) is 10.8. The quantitative estimate of drug-likeness (QED) is 0.921. The van der Waals surface area contributed by atoms with E-state index in [9.17, 15) is 8.78 Å². The standard InChI is InChI=1S/C15H15F2NO/c1-9-8-10(16)6-7-11(9)15(18)12-4-3-5-13(19-2)14(12)17/h3-8,15H,18H2,1-2H3. The van der Waals surface area contributed by atoms with Gasteiger partial charge >= 0.3 is 0 Å². The molecule has 0 amide bonds. The molecule has 0 saturated heterocycles. The summed E-state index contributed by atoms with van der Waals surface area (Å²) in [6, 6.07) is 8.43. The highest BCUT2D eigenvalue weighted by Gasteiger charge is 2.18. The maximum atomic E-state index is 14.1. The maximum absolute atomic E-state index is 14.1. The number of hydrogen-bond donors (Lipinski definition) is 1. The third-order valence-corrected chi connectivity index (χ3v) is 3.12. The van der Waals surface area contributed by atoms with Crippen molar-refractivity contribution in [2.24, 2.45) is 5.73 Å². The molecule has 2 aromatic rings. The minimum atomic E-state index is -0.657. The number of aryl methyl sites for hydroxylation is 1. The van der Waals surface area contributed by atoms with Crippen LogP contribution in [0.15, 0.2) is 36.4 Å². The van der Waals surface area contributed by atoms with E-state index in [-0.39, 0.29) is 11.6 Å². The summed E-state index contributed by atoms with van der Waals surface area (Å²) >= 11 is 0. The van der Waals surface area contributed by atoms with Crippen LogP contribution < -0.4 is 10.5 Å². The number of benzene rings is 2. The summed E-state index contributed by atoms with van der Waals surface area (Å²) in [5, 5.41) is 0. The van der Waals surface area contributed by atoms with Crippen molar-refractivity contribution in [3.05, 3.63) is 64.7 Å². The van der Waals surface area contributed by atoms with Crippen LogP contribution in [0.5, 0.6) is 5.75 Å². The Hall–Kier alpha value is -1.94. The molecule has 0 saturated carbocycles. The van der Waals surface area contributed by atoms with Gasteiger partial charge in [-0.25, -0.2) is 8.78 Å². The Morgan fingerprint density at radius 3 is 2.47 bits per heavy atom. The van der Waals surface area contributed by atoms with Crippen LogP contribution in [0.2, 0.25) is 0 Å². The largest absolute Gasteiger partial charge is 0.494 e. The van der Waals surface area contributed by atoms with Crippen molar-refractivity contribution in [3.63, 3.8) is 0 Å². The van der Waals surface area contributed by atoms with Gasteiger partial charge < -0.3 is 10.5 Å². The van der Waals surface area contributed by atoms with Crippen molar-refractivity contribution in [1.82, 2.24) is 0 Å². The summed E-state index contributed by atoms with van der Waals surface area (Å²) in [6.07, 6.45) is 0. The number of ether oxygens (including phenoxy) is 1. The Bertz CT molecular complexity index is 599. The average molecular weight is 263 g/mol. The van der Waals surface area contributed by atoms with Crippen molar-refractivity contribution in [3.8, 4) is 5.75 Å². The molecule has 0 fully saturated rings. The van der Waals surface area contributed by atoms with Gasteiger partial charge in [-0.3, -0.25) is 0 Å². The van der Waals surface area contributed by atoms with Gasteiger partial charge in [-0.05, 0) is 36.2 Å². The summed E-state index contributed by atoms with van der Waals surface area (Å²) in [4.78, 5) is 0. The summed E-state index contributed by atoms with van der Waals surface area (Å²) in [6.45, 7) is 1.75. The van der Waals surface area contributed by atoms with Gasteiger partial charge in [-0.2, -0.15) is 0 Å². The fraction of sp³-hybridized carbons (Fsp3) is 0.200. The lowest BCUT2D eigenvalue weighted by molar-refractivity contribution is 0.383. The molecule has 0 aliphatic rings. The fourth-order valence-electron chi connectivity index (χ4n) is 2.08. The summed E-state index contributed by atoms with van der Waals surface area (Å²) in [5.41, 5.74) is 7.78. The molecule has 2 N–H and O–H groups in total. The van der Waals surface area contributed by atoms with Crippen LogP contribution in [0, 0.1) is 18.6 Å². The minimum Gasteiger partial charge on any atom is -0.494 e. The molecule has 0 bridgehead atoms. The van der Waals surface area contributed by atoms with Gasteiger partial charge in [-0.1, -0.05) is 18.2 Å². The molecule has 0 aromatic heterocycles. The Labute approximate surface area is 110 Å². The summed E-state index contributed by atoms with van der Waals surface area (Å²) in [5.74, 6) is -0.673. The molecule has 0 aliphatic heterocycles. The summed E-state index contributed by atoms with van der Waals surface area (Å²) < 4.78 is 32.1. The molecule has 2 rings (SSSR count). The van der Waals surface area contributed by atoms with Crippen LogP contribution in [-0.4, -0.2) is 7.11 Å². The highest BCUT2D eigenvalue weighted by molar-refractivity contribution is 5.40. The fourth-order valence-corrected chi connectivity index (χ4v) is 2.08. The van der Waals surface area contributed by atoms with Gasteiger partial charge in [0.15, 0.2) is 11.6 Å². The van der Waals surface area contributed by atoms with Crippen LogP contribution in [0.25, 0.3) is 0 Å². The number of hydrogen-bond acceptors (Lipinski definition) is 2. The molecule has 1 atom stereocenters. The first-order valence-corrected chi connectivity index (χ1v) is 5.88. The van der Waals surface area contributed by atoms with E-state index in [1.807, 2.05) is 0 Å². The predicted molar refractivity (Wildman–Crippen MR) is 70.1 cm³/mol. The van der Waals surface area contributed by atoms with Crippen molar-refractivity contribution < 1.29 is 13.5 Å². The van der Waals surface area contributed by atoms with Gasteiger partial charge in [0.25, 0.3) is 0 Å². The second-order valence-electron chi connectivity index (χ2n) is 4.34. The molecule has 1 unspecified atom stereocenters. The lowest BCUT2D eigenvalue weighted by Crippen LogP contribution is -2.15. The van der Waals surface area contributed by atoms with Gasteiger partial charge in [-0.15, -0.1) is 0 Å². The SMILES string of the molecule is COc1cccc(C(N)c2ccc(F)cc2C)c1F. The van der Waals surface area contributed by atoms with E-state index in [1.165, 1.54) is 25.3 Å². The van der Waals surface area contributed by atoms with Crippen molar-refractivity contribution in [2.45, 2.75) is 13.0 Å². The first-order chi connectivity index (χ1) is 9.04. The number of nitrogens with two attached hydrogens (primary N) is 1. The first-order valence-electron chi connectivity index (χ1n) is 5.88. The molecular weight excluding hydrogens is 248 g/mol. The normalized spacial score (nSPS) is 12.3. The molecule has 4 heteroatoms. The minimum absolute atomic E-state index is 0.146. The smallest absolute Gasteiger partial charge is 0.170 e. The molecule has 2 nitrogen and oxygen atoms in total. The van der Waals surface area contributed by atoms with Crippen LogP contribution in [0.4, 0.5) is 8.78 Å². The zero-order valence-corrected chi connectivity index (χ0v) is 10.8. The van der Waals surface area contributed by atoms with Crippen LogP contribution in [0.3, 0.4) is 0 Å². The van der Waals surface area contributed by atoms with E-state index in [4.69, 9.17) is 10.5 Å². The lowest BCUT2D eigenvalue weighted by Gasteiger charge is -2.17. The second kappa shape index (κ2) is 5.36. The van der Waals surface area contributed by atoms with E-state index < -0.39 is 11.9 Å². The van der Waals surface area contributed by atoms with E-state index in [0.717, 1.165) is 0 Å². The topological polar surface area (TPSA) is 35.2 Å². The van der Waals surface area contributed by atoms with Gasteiger partial charge in [0.05, 0.1) is 13.2 Å². The Balaban J connectivity index is 2.47. The number of methoxy groups -OCH3 is 1. The van der Waals surface area contributed by atoms with Crippen molar-refractivity contribution in [1.29, 1.82) is 0 Å². The molecule has 19 heavy (non-hydrogen) atoms. The van der Waals surface area contributed by atoms with E-state index in [0.29, 0.717) is 16.7 Å². The van der Waals surface area contributed by atoms with Crippen molar-refractivity contribution >= 4 is 0 Å². The zero-order chi connectivity index (χ0) is 14.0. The van der Waals surface area contributed by atoms with Crippen molar-refractivity contribution in [2.75, 3.05) is 7.11 Å². The lowest BCUT2D eigenvalue weighted by atomic mass is 9.95. The van der Waals surface area contributed by atoms with Crippen LogP contribution in [-0.2, 0) is 0 Å². The van der Waals surface area contributed by atoms with Gasteiger partial charge in [0.2, 0.25) is 0 Å². The Kier molecular flexibility index (Phi) is 3.81. The molecule has 0 radical (unpaired) electrons. The first kappa shape index (κ1) is 13.5. The third-order valence-electron chi connectivity index (χ3n) is 3.12. The second-order valence-corrected chi connectivity index (χ2v) is 4.34. The van der Waals surface area contributed by atoms with Gasteiger partial charge in [0.1, 0.15) is 5.82 Å². The third kappa shape index (κ3) is 2.58. The van der Waals surface area contributed by atoms with E-state index >= 15 is 0 Å². The Morgan fingerprint density at radius 2 is 1.84 bits per heavy atom. The molecule has 0 spiro atoms. The molecule has 100 valence electrons.